The second-order valence-electron chi connectivity index (χ2n) is 4.26. The molecule has 0 aliphatic heterocycles. The number of benzene rings is 2. The zero-order chi connectivity index (χ0) is 15.8. The number of rotatable bonds is 3. The van der Waals surface area contributed by atoms with E-state index in [0.29, 0.717) is 0 Å². The van der Waals surface area contributed by atoms with Crippen LogP contribution >= 0.6 is 46.4 Å². The number of hydrogen-bond acceptors (Lipinski definition) is 2. The van der Waals surface area contributed by atoms with E-state index in [9.17, 15) is 8.42 Å². The number of anilines is 1. The van der Waals surface area contributed by atoms with E-state index in [0.717, 1.165) is 5.56 Å². The first-order valence-electron chi connectivity index (χ1n) is 5.65. The predicted molar refractivity (Wildman–Crippen MR) is 88.5 cm³/mol. The van der Waals surface area contributed by atoms with E-state index in [1.54, 1.807) is 12.1 Å². The molecule has 8 heteroatoms. The van der Waals surface area contributed by atoms with Gasteiger partial charge >= 0.3 is 0 Å². The molecule has 2 rings (SSSR count). The summed E-state index contributed by atoms with van der Waals surface area (Å²) in [7, 11) is -3.83. The van der Waals surface area contributed by atoms with Crippen molar-refractivity contribution in [2.45, 2.75) is 11.8 Å². The fourth-order valence-corrected chi connectivity index (χ4v) is 3.78. The molecule has 0 aliphatic rings. The first-order chi connectivity index (χ1) is 9.72. The van der Waals surface area contributed by atoms with Crippen LogP contribution in [0.2, 0.25) is 20.1 Å². The van der Waals surface area contributed by atoms with Gasteiger partial charge in [-0.2, -0.15) is 0 Å². The third-order valence-electron chi connectivity index (χ3n) is 2.68. The molecule has 0 saturated heterocycles. The Labute approximate surface area is 142 Å². The quantitative estimate of drug-likeness (QED) is 0.568. The van der Waals surface area contributed by atoms with Crippen molar-refractivity contribution >= 4 is 62.1 Å². The van der Waals surface area contributed by atoms with Gasteiger partial charge in [0.25, 0.3) is 10.0 Å². The molecule has 3 nitrogen and oxygen atoms in total. The highest BCUT2D eigenvalue weighted by Crippen LogP contribution is 2.41. The Morgan fingerprint density at radius 3 is 2.05 bits per heavy atom. The Morgan fingerprint density at radius 2 is 1.48 bits per heavy atom. The van der Waals surface area contributed by atoms with Crippen LogP contribution in [-0.2, 0) is 10.0 Å². The van der Waals surface area contributed by atoms with E-state index in [2.05, 4.69) is 4.72 Å². The summed E-state index contributed by atoms with van der Waals surface area (Å²) in [5, 5.41) is 0.184. The van der Waals surface area contributed by atoms with E-state index in [1.165, 1.54) is 18.2 Å². The second-order valence-corrected chi connectivity index (χ2v) is 7.51. The van der Waals surface area contributed by atoms with Gasteiger partial charge in [0.2, 0.25) is 0 Å². The molecular formula is C13H9Cl4NO2S. The summed E-state index contributed by atoms with van der Waals surface area (Å²) in [6, 6.07) is 7.66. The largest absolute Gasteiger partial charge is 0.277 e. The Morgan fingerprint density at radius 1 is 0.905 bits per heavy atom. The average molecular weight is 385 g/mol. The highest BCUT2D eigenvalue weighted by Gasteiger charge is 2.20. The number of nitrogens with one attached hydrogen (secondary N) is 1. The molecule has 21 heavy (non-hydrogen) atoms. The number of halogens is 4. The second kappa shape index (κ2) is 6.23. The molecule has 0 bridgehead atoms. The summed E-state index contributed by atoms with van der Waals surface area (Å²) in [4.78, 5) is 0.0892. The molecule has 2 aromatic rings. The van der Waals surface area contributed by atoms with Crippen molar-refractivity contribution in [3.8, 4) is 0 Å². The maximum atomic E-state index is 12.3. The summed E-state index contributed by atoms with van der Waals surface area (Å²) >= 11 is 23.7. The lowest BCUT2D eigenvalue weighted by Crippen LogP contribution is -2.13. The smallest absolute Gasteiger partial charge is 0.261 e. The maximum absolute atomic E-state index is 12.3. The molecular weight excluding hydrogens is 376 g/mol. The Bertz CT molecular complexity index is 789. The van der Waals surface area contributed by atoms with Gasteiger partial charge in [0.05, 0.1) is 30.7 Å². The molecule has 0 radical (unpaired) electrons. The van der Waals surface area contributed by atoms with Crippen LogP contribution in [-0.4, -0.2) is 8.42 Å². The third-order valence-corrected chi connectivity index (χ3v) is 5.61. The van der Waals surface area contributed by atoms with Crippen LogP contribution in [0.25, 0.3) is 0 Å². The molecule has 0 aromatic heterocycles. The zero-order valence-corrected chi connectivity index (χ0v) is 14.5. The molecule has 0 fully saturated rings. The van der Waals surface area contributed by atoms with Gasteiger partial charge < -0.3 is 0 Å². The number of hydrogen-bond donors (Lipinski definition) is 1. The van der Waals surface area contributed by atoms with Gasteiger partial charge in [0.1, 0.15) is 0 Å². The van der Waals surface area contributed by atoms with Crippen LogP contribution in [0.15, 0.2) is 35.2 Å². The van der Waals surface area contributed by atoms with Crippen molar-refractivity contribution in [2.24, 2.45) is 0 Å². The first-order valence-corrected chi connectivity index (χ1v) is 8.64. The molecule has 0 amide bonds. The number of aryl methyl sites for hydroxylation is 1. The monoisotopic (exact) mass is 383 g/mol. The van der Waals surface area contributed by atoms with E-state index in [1.807, 2.05) is 6.92 Å². The topological polar surface area (TPSA) is 46.2 Å². The maximum Gasteiger partial charge on any atom is 0.261 e. The van der Waals surface area contributed by atoms with E-state index in [-0.39, 0.29) is 30.7 Å². The average Bonchev–Trinajstić information content (AvgIpc) is 2.42. The lowest BCUT2D eigenvalue weighted by Gasteiger charge is -2.13. The van der Waals surface area contributed by atoms with Crippen LogP contribution in [0.1, 0.15) is 5.56 Å². The van der Waals surface area contributed by atoms with Crippen LogP contribution in [0.4, 0.5) is 5.69 Å². The highest BCUT2D eigenvalue weighted by molar-refractivity contribution is 7.92. The van der Waals surface area contributed by atoms with E-state index < -0.39 is 10.0 Å². The summed E-state index contributed by atoms with van der Waals surface area (Å²) in [5.74, 6) is 0. The summed E-state index contributed by atoms with van der Waals surface area (Å²) < 4.78 is 26.9. The SMILES string of the molecule is Cc1ccc(S(=O)(=O)Nc2c(Cl)cc(Cl)c(Cl)c2Cl)cc1. The fourth-order valence-electron chi connectivity index (χ4n) is 1.57. The Kier molecular flexibility index (Phi) is 4.96. The highest BCUT2D eigenvalue weighted by atomic mass is 35.5. The molecule has 0 spiro atoms. The lowest BCUT2D eigenvalue weighted by molar-refractivity contribution is 0.601. The van der Waals surface area contributed by atoms with Crippen LogP contribution in [0, 0.1) is 6.92 Å². The van der Waals surface area contributed by atoms with E-state index >= 15 is 0 Å². The van der Waals surface area contributed by atoms with Crippen LogP contribution < -0.4 is 4.72 Å². The van der Waals surface area contributed by atoms with Crippen molar-refractivity contribution < 1.29 is 8.42 Å². The summed E-state index contributed by atoms with van der Waals surface area (Å²) in [5.41, 5.74) is 0.938. The number of sulfonamides is 1. The molecule has 0 aliphatic carbocycles. The molecule has 0 atom stereocenters. The first kappa shape index (κ1) is 16.7. The van der Waals surface area contributed by atoms with Gasteiger partial charge in [-0.15, -0.1) is 0 Å². The van der Waals surface area contributed by atoms with Gasteiger partial charge in [0, 0.05) is 0 Å². The van der Waals surface area contributed by atoms with Gasteiger partial charge in [-0.1, -0.05) is 64.1 Å². The van der Waals surface area contributed by atoms with Crippen LogP contribution in [0.5, 0.6) is 0 Å². The molecule has 0 saturated carbocycles. The van der Waals surface area contributed by atoms with Crippen molar-refractivity contribution in [3.63, 3.8) is 0 Å². The van der Waals surface area contributed by atoms with Gasteiger partial charge in [-0.25, -0.2) is 8.42 Å². The Hall–Kier alpha value is -0.650. The van der Waals surface area contributed by atoms with Gasteiger partial charge in [0.15, 0.2) is 0 Å². The molecule has 2 aromatic carbocycles. The lowest BCUT2D eigenvalue weighted by atomic mass is 10.2. The minimum atomic E-state index is -3.83. The van der Waals surface area contributed by atoms with Crippen molar-refractivity contribution in [2.75, 3.05) is 4.72 Å². The Balaban J connectivity index is 2.47. The normalized spacial score (nSPS) is 11.5. The zero-order valence-electron chi connectivity index (χ0n) is 10.6. The minimum Gasteiger partial charge on any atom is -0.277 e. The van der Waals surface area contributed by atoms with Gasteiger partial charge in [-0.3, -0.25) is 4.72 Å². The van der Waals surface area contributed by atoms with Crippen molar-refractivity contribution in [3.05, 3.63) is 56.0 Å². The molecule has 0 heterocycles. The van der Waals surface area contributed by atoms with Crippen molar-refractivity contribution in [1.29, 1.82) is 0 Å². The van der Waals surface area contributed by atoms with Crippen LogP contribution in [0.3, 0.4) is 0 Å². The van der Waals surface area contributed by atoms with Gasteiger partial charge in [-0.05, 0) is 25.1 Å². The molecule has 0 unspecified atom stereocenters. The molecule has 112 valence electrons. The fraction of sp³-hybridized carbons (Fsp3) is 0.0769. The summed E-state index contributed by atoms with van der Waals surface area (Å²) in [6.07, 6.45) is 0. The third kappa shape index (κ3) is 3.58. The molecule has 1 N–H and O–H groups in total. The van der Waals surface area contributed by atoms with E-state index in [4.69, 9.17) is 46.4 Å². The summed E-state index contributed by atoms with van der Waals surface area (Å²) in [6.45, 7) is 1.86. The van der Waals surface area contributed by atoms with Crippen molar-refractivity contribution in [1.82, 2.24) is 0 Å². The standard InChI is InChI=1S/C13H9Cl4NO2S/c1-7-2-4-8(5-3-7)21(19,20)18-13-10(15)6-9(14)11(16)12(13)17/h2-6,18H,1H3. The predicted octanol–water partition coefficient (Wildman–Crippen LogP) is 5.41. The minimum absolute atomic E-state index is 0.00620.